The molecule has 1 aromatic heterocycles. The fourth-order valence-electron chi connectivity index (χ4n) is 2.99. The maximum atomic E-state index is 13.0. The molecule has 0 spiro atoms. The molecule has 1 aliphatic rings. The van der Waals surface area contributed by atoms with Crippen LogP contribution in [0.2, 0.25) is 0 Å². The number of carbonyl (C=O) groups excluding carboxylic acids is 2. The highest BCUT2D eigenvalue weighted by Gasteiger charge is 2.20. The van der Waals surface area contributed by atoms with Gasteiger partial charge in [0.05, 0.1) is 29.3 Å². The van der Waals surface area contributed by atoms with E-state index in [1.54, 1.807) is 22.8 Å². The summed E-state index contributed by atoms with van der Waals surface area (Å²) in [5.41, 5.74) is 0.435. The molecule has 0 saturated carbocycles. The van der Waals surface area contributed by atoms with Crippen LogP contribution in [0, 0.1) is 0 Å². The van der Waals surface area contributed by atoms with Crippen LogP contribution < -0.4 is 16.2 Å². The van der Waals surface area contributed by atoms with E-state index in [0.717, 1.165) is 31.0 Å². The van der Waals surface area contributed by atoms with Crippen LogP contribution in [-0.4, -0.2) is 46.5 Å². The molecule has 1 aromatic carbocycles. The van der Waals surface area contributed by atoms with Crippen molar-refractivity contribution in [3.05, 3.63) is 34.6 Å². The molecule has 1 saturated heterocycles. The second-order valence-corrected chi connectivity index (χ2v) is 7.50. The average molecular weight is 404 g/mol. The van der Waals surface area contributed by atoms with Crippen molar-refractivity contribution in [2.24, 2.45) is 0 Å². The number of aromatic nitrogens is 2. The number of amides is 3. The summed E-state index contributed by atoms with van der Waals surface area (Å²) < 4.78 is 7.24. The van der Waals surface area contributed by atoms with Crippen LogP contribution in [0.3, 0.4) is 0 Å². The Balaban J connectivity index is 1.77. The number of carbonyl (C=O) groups is 2. The minimum absolute atomic E-state index is 0.0180. The molecule has 1 fully saturated rings. The van der Waals surface area contributed by atoms with Gasteiger partial charge in [0.1, 0.15) is 0 Å². The third-order valence-electron chi connectivity index (χ3n) is 4.36. The number of rotatable bonds is 7. The molecule has 8 nitrogen and oxygen atoms in total. The van der Waals surface area contributed by atoms with Crippen molar-refractivity contribution in [3.8, 4) is 0 Å². The third-order valence-corrected chi connectivity index (χ3v) is 5.33. The Kier molecular flexibility index (Phi) is 7.05. The van der Waals surface area contributed by atoms with Gasteiger partial charge in [-0.25, -0.2) is 9.78 Å². The van der Waals surface area contributed by atoms with Crippen molar-refractivity contribution >= 4 is 34.6 Å². The largest absolute Gasteiger partial charge is 0.376 e. The molecule has 9 heteroatoms. The topological polar surface area (TPSA) is 102 Å². The lowest BCUT2D eigenvalue weighted by Crippen LogP contribution is -2.40. The number of benzene rings is 1. The molecule has 2 N–H and O–H groups in total. The smallest absolute Gasteiger partial charge is 0.321 e. The first-order valence-corrected chi connectivity index (χ1v) is 10.4. The zero-order valence-corrected chi connectivity index (χ0v) is 16.6. The Morgan fingerprint density at radius 1 is 1.36 bits per heavy atom. The molecule has 0 aliphatic carbocycles. The van der Waals surface area contributed by atoms with E-state index in [2.05, 4.69) is 15.6 Å². The number of para-hydroxylation sites is 1. The normalized spacial score (nSPS) is 16.2. The summed E-state index contributed by atoms with van der Waals surface area (Å²) in [6.07, 6.45) is 2.61. The molecule has 0 radical (unpaired) electrons. The maximum absolute atomic E-state index is 13.0. The van der Waals surface area contributed by atoms with Crippen molar-refractivity contribution in [2.45, 2.75) is 44.0 Å². The number of fused-ring (bicyclic) bond motifs is 1. The quantitative estimate of drug-likeness (QED) is 0.540. The maximum Gasteiger partial charge on any atom is 0.321 e. The number of urea groups is 1. The highest BCUT2D eigenvalue weighted by molar-refractivity contribution is 7.99. The van der Waals surface area contributed by atoms with Gasteiger partial charge in [0.15, 0.2) is 5.16 Å². The zero-order chi connectivity index (χ0) is 19.9. The fourth-order valence-corrected chi connectivity index (χ4v) is 3.79. The van der Waals surface area contributed by atoms with E-state index in [4.69, 9.17) is 4.74 Å². The highest BCUT2D eigenvalue weighted by atomic mass is 32.2. The number of nitrogens with zero attached hydrogens (tertiary/aromatic N) is 2. The Morgan fingerprint density at radius 2 is 2.18 bits per heavy atom. The molecule has 1 atom stereocenters. The zero-order valence-electron chi connectivity index (χ0n) is 15.8. The summed E-state index contributed by atoms with van der Waals surface area (Å²) in [5, 5.41) is 5.85. The van der Waals surface area contributed by atoms with Crippen LogP contribution in [0.15, 0.2) is 34.2 Å². The molecule has 2 heterocycles. The monoisotopic (exact) mass is 404 g/mol. The first kappa shape index (κ1) is 20.3. The Labute approximate surface area is 167 Å². The minimum Gasteiger partial charge on any atom is -0.376 e. The van der Waals surface area contributed by atoms with Gasteiger partial charge in [-0.1, -0.05) is 30.8 Å². The van der Waals surface area contributed by atoms with E-state index in [1.807, 2.05) is 13.0 Å². The number of hydrogen-bond donors (Lipinski definition) is 2. The summed E-state index contributed by atoms with van der Waals surface area (Å²) in [4.78, 5) is 41.2. The standard InChI is InChI=1S/C19H24N4O4S/c1-2-9-20-18(26)22-16(24)12-28-19-21-15-8-4-3-7-14(15)17(25)23(19)11-13-6-5-10-27-13/h3-4,7-8,13H,2,5-6,9-12H2,1H3,(H2,20,22,24,26)/t13-/m1/s1. The molecule has 0 bridgehead atoms. The lowest BCUT2D eigenvalue weighted by atomic mass is 10.2. The van der Waals surface area contributed by atoms with E-state index >= 15 is 0 Å². The average Bonchev–Trinajstić information content (AvgIpc) is 3.20. The Bertz CT molecular complexity index is 908. The molecular weight excluding hydrogens is 380 g/mol. The van der Waals surface area contributed by atoms with E-state index in [0.29, 0.717) is 35.8 Å². The molecule has 150 valence electrons. The number of ether oxygens (including phenoxy) is 1. The molecule has 3 rings (SSSR count). The molecule has 0 unspecified atom stereocenters. The summed E-state index contributed by atoms with van der Waals surface area (Å²) in [5.74, 6) is -0.458. The van der Waals surface area contributed by atoms with E-state index in [-0.39, 0.29) is 17.4 Å². The van der Waals surface area contributed by atoms with Crippen LogP contribution in [0.4, 0.5) is 4.79 Å². The van der Waals surface area contributed by atoms with E-state index in [9.17, 15) is 14.4 Å². The third kappa shape index (κ3) is 5.11. The van der Waals surface area contributed by atoms with Crippen molar-refractivity contribution in [1.29, 1.82) is 0 Å². The number of nitrogens with one attached hydrogen (secondary N) is 2. The van der Waals surface area contributed by atoms with Crippen molar-refractivity contribution in [1.82, 2.24) is 20.2 Å². The van der Waals surface area contributed by atoms with Crippen molar-refractivity contribution < 1.29 is 14.3 Å². The van der Waals surface area contributed by atoms with E-state index in [1.165, 1.54) is 0 Å². The van der Waals surface area contributed by atoms with Crippen LogP contribution in [0.5, 0.6) is 0 Å². The Morgan fingerprint density at radius 3 is 2.93 bits per heavy atom. The second-order valence-electron chi connectivity index (χ2n) is 6.56. The van der Waals surface area contributed by atoms with Crippen molar-refractivity contribution in [2.75, 3.05) is 18.9 Å². The number of thioether (sulfide) groups is 1. The van der Waals surface area contributed by atoms with Crippen LogP contribution in [0.1, 0.15) is 26.2 Å². The molecular formula is C19H24N4O4S. The van der Waals surface area contributed by atoms with Gasteiger partial charge < -0.3 is 10.1 Å². The molecule has 28 heavy (non-hydrogen) atoms. The van der Waals surface area contributed by atoms with Crippen molar-refractivity contribution in [3.63, 3.8) is 0 Å². The fraction of sp³-hybridized carbons (Fsp3) is 0.474. The van der Waals surface area contributed by atoms with Crippen LogP contribution >= 0.6 is 11.8 Å². The van der Waals surface area contributed by atoms with Gasteiger partial charge in [0.25, 0.3) is 5.56 Å². The first-order valence-electron chi connectivity index (χ1n) is 9.40. The second kappa shape index (κ2) is 9.70. The van der Waals surface area contributed by atoms with Gasteiger partial charge in [-0.2, -0.15) is 0 Å². The predicted molar refractivity (Wildman–Crippen MR) is 108 cm³/mol. The highest BCUT2D eigenvalue weighted by Crippen LogP contribution is 2.20. The summed E-state index contributed by atoms with van der Waals surface area (Å²) >= 11 is 1.14. The van der Waals surface area contributed by atoms with Crippen LogP contribution in [0.25, 0.3) is 10.9 Å². The SMILES string of the molecule is CCCNC(=O)NC(=O)CSc1nc2ccccc2c(=O)n1C[C@H]1CCCO1. The van der Waals surface area contributed by atoms with Gasteiger partial charge in [-0.3, -0.25) is 19.5 Å². The van der Waals surface area contributed by atoms with Gasteiger partial charge in [0.2, 0.25) is 5.91 Å². The van der Waals surface area contributed by atoms with E-state index < -0.39 is 11.9 Å². The number of hydrogen-bond acceptors (Lipinski definition) is 6. The summed E-state index contributed by atoms with van der Waals surface area (Å²) in [6, 6.07) is 6.62. The molecule has 3 amide bonds. The van der Waals surface area contributed by atoms with Gasteiger partial charge >= 0.3 is 6.03 Å². The van der Waals surface area contributed by atoms with Crippen LogP contribution in [-0.2, 0) is 16.1 Å². The van der Waals surface area contributed by atoms with Gasteiger partial charge in [-0.15, -0.1) is 0 Å². The summed E-state index contributed by atoms with van der Waals surface area (Å²) in [7, 11) is 0. The van der Waals surface area contributed by atoms with Gasteiger partial charge in [0, 0.05) is 13.2 Å². The lowest BCUT2D eigenvalue weighted by molar-refractivity contribution is -0.117. The molecule has 1 aliphatic heterocycles. The Hall–Kier alpha value is -2.39. The predicted octanol–water partition coefficient (Wildman–Crippen LogP) is 1.90. The number of imide groups is 1. The summed E-state index contributed by atoms with van der Waals surface area (Å²) in [6.45, 7) is 3.52. The molecule has 2 aromatic rings. The minimum atomic E-state index is -0.518. The van der Waals surface area contributed by atoms with Gasteiger partial charge in [-0.05, 0) is 31.4 Å². The first-order chi connectivity index (χ1) is 13.6. The lowest BCUT2D eigenvalue weighted by Gasteiger charge is -2.16.